The maximum absolute atomic E-state index is 12.9. The summed E-state index contributed by atoms with van der Waals surface area (Å²) in [7, 11) is 0. The number of halogens is 1. The van der Waals surface area contributed by atoms with Crippen LogP contribution in [0.4, 0.5) is 4.39 Å². The van der Waals surface area contributed by atoms with E-state index < -0.39 is 23.6 Å². The summed E-state index contributed by atoms with van der Waals surface area (Å²) < 4.78 is 12.9. The van der Waals surface area contributed by atoms with E-state index in [9.17, 15) is 9.18 Å². The summed E-state index contributed by atoms with van der Waals surface area (Å²) in [6.07, 6.45) is 0.0645. The van der Waals surface area contributed by atoms with Crippen LogP contribution >= 0.6 is 0 Å². The van der Waals surface area contributed by atoms with Crippen molar-refractivity contribution in [2.45, 2.75) is 19.4 Å². The lowest BCUT2D eigenvalue weighted by atomic mass is 10.0. The monoisotopic (exact) mass is 213 g/mol. The van der Waals surface area contributed by atoms with Crippen molar-refractivity contribution in [2.24, 2.45) is 5.73 Å². The molecule has 15 heavy (non-hydrogen) atoms. The normalized spacial score (nSPS) is 12.5. The first-order valence-electron chi connectivity index (χ1n) is 4.38. The molecule has 0 aromatic heterocycles. The summed E-state index contributed by atoms with van der Waals surface area (Å²) in [4.78, 5) is 10.5. The molecule has 0 saturated carbocycles. The van der Waals surface area contributed by atoms with Crippen molar-refractivity contribution < 1.29 is 19.4 Å². The van der Waals surface area contributed by atoms with E-state index in [1.165, 1.54) is 6.07 Å². The molecule has 1 aromatic rings. The lowest BCUT2D eigenvalue weighted by Gasteiger charge is -2.10. The summed E-state index contributed by atoms with van der Waals surface area (Å²) in [6, 6.07) is 1.31. The Balaban J connectivity index is 2.95. The molecule has 0 aliphatic carbocycles. The van der Waals surface area contributed by atoms with E-state index in [1.54, 1.807) is 6.92 Å². The first-order chi connectivity index (χ1) is 6.91. The number of carboxylic acid groups (broad SMARTS) is 1. The quantitative estimate of drug-likeness (QED) is 0.693. The van der Waals surface area contributed by atoms with Crippen molar-refractivity contribution in [3.63, 3.8) is 0 Å². The average molecular weight is 213 g/mol. The van der Waals surface area contributed by atoms with Crippen molar-refractivity contribution in [2.75, 3.05) is 0 Å². The Morgan fingerprint density at radius 3 is 2.73 bits per heavy atom. The molecule has 0 radical (unpaired) electrons. The number of phenolic OH excluding ortho intramolecular Hbond substituents is 1. The molecule has 4 nitrogen and oxygen atoms in total. The standard InChI is InChI=1S/C10H12FNO3/c1-5-2-7(11)9(13)4-6(5)3-8(12)10(14)15/h2,4,8,13H,3,12H2,1H3,(H,14,15). The first-order valence-corrected chi connectivity index (χ1v) is 4.38. The van der Waals surface area contributed by atoms with Crippen LogP contribution in [0.5, 0.6) is 5.75 Å². The van der Waals surface area contributed by atoms with E-state index in [0.29, 0.717) is 11.1 Å². The lowest BCUT2D eigenvalue weighted by Crippen LogP contribution is -2.32. The van der Waals surface area contributed by atoms with E-state index in [2.05, 4.69) is 0 Å². The largest absolute Gasteiger partial charge is 0.505 e. The van der Waals surface area contributed by atoms with E-state index in [1.807, 2.05) is 0 Å². The van der Waals surface area contributed by atoms with Crippen LogP contribution in [0, 0.1) is 12.7 Å². The Hall–Kier alpha value is -1.62. The maximum atomic E-state index is 12.9. The second-order valence-corrected chi connectivity index (χ2v) is 3.38. The van der Waals surface area contributed by atoms with Gasteiger partial charge in [-0.1, -0.05) is 0 Å². The van der Waals surface area contributed by atoms with Crippen LogP contribution in [0.2, 0.25) is 0 Å². The number of aliphatic carboxylic acids is 1. The predicted octanol–water partition coefficient (Wildman–Crippen LogP) is 0.794. The number of carbonyl (C=O) groups is 1. The zero-order valence-corrected chi connectivity index (χ0v) is 8.20. The van der Waals surface area contributed by atoms with Crippen LogP contribution in [0.15, 0.2) is 12.1 Å². The van der Waals surface area contributed by atoms with E-state index >= 15 is 0 Å². The highest BCUT2D eigenvalue weighted by molar-refractivity contribution is 5.73. The molecule has 0 fully saturated rings. The second-order valence-electron chi connectivity index (χ2n) is 3.38. The van der Waals surface area contributed by atoms with Crippen LogP contribution in [0.3, 0.4) is 0 Å². The topological polar surface area (TPSA) is 83.5 Å². The third kappa shape index (κ3) is 2.66. The summed E-state index contributed by atoms with van der Waals surface area (Å²) >= 11 is 0. The van der Waals surface area contributed by atoms with Crippen molar-refractivity contribution >= 4 is 5.97 Å². The zero-order valence-electron chi connectivity index (χ0n) is 8.20. The van der Waals surface area contributed by atoms with Gasteiger partial charge < -0.3 is 15.9 Å². The Labute approximate surface area is 86.1 Å². The maximum Gasteiger partial charge on any atom is 0.320 e. The van der Waals surface area contributed by atoms with Crippen molar-refractivity contribution in [3.05, 3.63) is 29.1 Å². The predicted molar refractivity (Wildman–Crippen MR) is 52.1 cm³/mol. The summed E-state index contributed by atoms with van der Waals surface area (Å²) in [5.74, 6) is -2.34. The molecule has 1 unspecified atom stereocenters. The number of benzene rings is 1. The molecule has 0 aliphatic heterocycles. The number of hydrogen-bond donors (Lipinski definition) is 3. The number of carboxylic acids is 1. The third-order valence-electron chi connectivity index (χ3n) is 2.16. The van der Waals surface area contributed by atoms with E-state index in [0.717, 1.165) is 6.07 Å². The SMILES string of the molecule is Cc1cc(F)c(O)cc1CC(N)C(=O)O. The van der Waals surface area contributed by atoms with Gasteiger partial charge in [0.2, 0.25) is 0 Å². The highest BCUT2D eigenvalue weighted by Crippen LogP contribution is 2.21. The second kappa shape index (κ2) is 4.27. The molecule has 5 heteroatoms. The Kier molecular flexibility index (Phi) is 3.26. The molecule has 1 aromatic carbocycles. The molecular formula is C10H12FNO3. The molecule has 0 amide bonds. The molecule has 0 aliphatic rings. The van der Waals surface area contributed by atoms with Crippen LogP contribution in [-0.2, 0) is 11.2 Å². The summed E-state index contributed by atoms with van der Waals surface area (Å²) in [5.41, 5.74) is 6.43. The smallest absolute Gasteiger partial charge is 0.320 e. The summed E-state index contributed by atoms with van der Waals surface area (Å²) in [5, 5.41) is 17.7. The Morgan fingerprint density at radius 1 is 1.60 bits per heavy atom. The van der Waals surface area contributed by atoms with Gasteiger partial charge >= 0.3 is 5.97 Å². The molecule has 0 spiro atoms. The number of nitrogens with two attached hydrogens (primary N) is 1. The minimum atomic E-state index is -1.13. The van der Waals surface area contributed by atoms with Gasteiger partial charge in [0.25, 0.3) is 0 Å². The molecule has 0 bridgehead atoms. The number of rotatable bonds is 3. The number of phenols is 1. The minimum absolute atomic E-state index is 0.0645. The number of aryl methyl sites for hydroxylation is 1. The molecule has 1 atom stereocenters. The van der Waals surface area contributed by atoms with Gasteiger partial charge in [-0.2, -0.15) is 0 Å². The van der Waals surface area contributed by atoms with Gasteiger partial charge in [0.15, 0.2) is 11.6 Å². The Morgan fingerprint density at radius 2 is 2.20 bits per heavy atom. The van der Waals surface area contributed by atoms with Gasteiger partial charge in [0.1, 0.15) is 6.04 Å². The van der Waals surface area contributed by atoms with Gasteiger partial charge in [0.05, 0.1) is 0 Å². The van der Waals surface area contributed by atoms with Crippen LogP contribution < -0.4 is 5.73 Å². The van der Waals surface area contributed by atoms with Crippen molar-refractivity contribution in [1.29, 1.82) is 0 Å². The third-order valence-corrected chi connectivity index (χ3v) is 2.16. The fourth-order valence-electron chi connectivity index (χ4n) is 1.25. The van der Waals surface area contributed by atoms with E-state index in [-0.39, 0.29) is 6.42 Å². The number of aromatic hydroxyl groups is 1. The van der Waals surface area contributed by atoms with Crippen molar-refractivity contribution in [1.82, 2.24) is 0 Å². The van der Waals surface area contributed by atoms with Gasteiger partial charge in [0, 0.05) is 0 Å². The van der Waals surface area contributed by atoms with Crippen LogP contribution in [-0.4, -0.2) is 22.2 Å². The molecular weight excluding hydrogens is 201 g/mol. The molecule has 0 heterocycles. The fourth-order valence-corrected chi connectivity index (χ4v) is 1.25. The number of hydrogen-bond acceptors (Lipinski definition) is 3. The average Bonchev–Trinajstić information content (AvgIpc) is 2.13. The zero-order chi connectivity index (χ0) is 11.6. The molecule has 4 N–H and O–H groups in total. The fraction of sp³-hybridized carbons (Fsp3) is 0.300. The van der Waals surface area contributed by atoms with Gasteiger partial charge in [-0.3, -0.25) is 4.79 Å². The highest BCUT2D eigenvalue weighted by Gasteiger charge is 2.15. The molecule has 1 rings (SSSR count). The first kappa shape index (κ1) is 11.5. The van der Waals surface area contributed by atoms with Crippen LogP contribution in [0.25, 0.3) is 0 Å². The van der Waals surface area contributed by atoms with E-state index in [4.69, 9.17) is 15.9 Å². The highest BCUT2D eigenvalue weighted by atomic mass is 19.1. The van der Waals surface area contributed by atoms with Crippen LogP contribution in [0.1, 0.15) is 11.1 Å². The van der Waals surface area contributed by atoms with Gasteiger partial charge in [-0.25, -0.2) is 4.39 Å². The molecule has 82 valence electrons. The van der Waals surface area contributed by atoms with Crippen molar-refractivity contribution in [3.8, 4) is 5.75 Å². The Bertz CT molecular complexity index is 392. The minimum Gasteiger partial charge on any atom is -0.505 e. The lowest BCUT2D eigenvalue weighted by molar-refractivity contribution is -0.138. The molecule has 0 saturated heterocycles. The van der Waals surface area contributed by atoms with Gasteiger partial charge in [-0.05, 0) is 36.6 Å². The van der Waals surface area contributed by atoms with Gasteiger partial charge in [-0.15, -0.1) is 0 Å². The summed E-state index contributed by atoms with van der Waals surface area (Å²) in [6.45, 7) is 1.63.